The van der Waals surface area contributed by atoms with E-state index in [1.165, 1.54) is 6.33 Å². The van der Waals surface area contributed by atoms with Gasteiger partial charge in [-0.3, -0.25) is 9.48 Å². The maximum Gasteiger partial charge on any atom is 0.244 e. The zero-order chi connectivity index (χ0) is 22.8. The molecule has 0 spiro atoms. The summed E-state index contributed by atoms with van der Waals surface area (Å²) < 4.78 is 8.19. The molecule has 8 nitrogen and oxygen atoms in total. The summed E-state index contributed by atoms with van der Waals surface area (Å²) in [5.41, 5.74) is 3.04. The van der Waals surface area contributed by atoms with E-state index in [1.807, 2.05) is 11.8 Å². The van der Waals surface area contributed by atoms with E-state index in [1.54, 1.807) is 24.1 Å². The van der Waals surface area contributed by atoms with Gasteiger partial charge in [0.1, 0.15) is 24.3 Å². The minimum absolute atomic E-state index is 0.0221. The van der Waals surface area contributed by atoms with Crippen molar-refractivity contribution in [3.63, 3.8) is 0 Å². The third-order valence-corrected chi connectivity index (χ3v) is 7.03. The first-order valence-electron chi connectivity index (χ1n) is 10.3. The number of amides is 1. The minimum Gasteiger partial charge on any atom is -0.496 e. The molecule has 0 radical (unpaired) electrons. The van der Waals surface area contributed by atoms with E-state index in [0.29, 0.717) is 23.0 Å². The normalized spacial score (nSPS) is 16.3. The molecule has 32 heavy (non-hydrogen) atoms. The SMILES string of the molecule is COc1cc(N2CCN(C(=O)Cn3nc(-c4ccncn4)c(Cl)c3C)[C@@H](C)C2)ccc1I. The van der Waals surface area contributed by atoms with Crippen molar-refractivity contribution in [3.8, 4) is 17.1 Å². The van der Waals surface area contributed by atoms with E-state index < -0.39 is 0 Å². The Bertz CT molecular complexity index is 1120. The number of nitrogens with zero attached hydrogens (tertiary/aromatic N) is 6. The van der Waals surface area contributed by atoms with Gasteiger partial charge in [-0.2, -0.15) is 5.10 Å². The number of halogens is 2. The summed E-state index contributed by atoms with van der Waals surface area (Å²) in [5.74, 6) is 0.883. The maximum atomic E-state index is 13.1. The monoisotopic (exact) mass is 566 g/mol. The average molecular weight is 567 g/mol. The average Bonchev–Trinajstić information content (AvgIpc) is 3.08. The molecule has 2 aromatic heterocycles. The molecule has 0 bridgehead atoms. The lowest BCUT2D eigenvalue weighted by molar-refractivity contribution is -0.134. The van der Waals surface area contributed by atoms with Crippen molar-refractivity contribution in [1.82, 2.24) is 24.6 Å². The first-order chi connectivity index (χ1) is 15.4. The third-order valence-electron chi connectivity index (χ3n) is 5.69. The van der Waals surface area contributed by atoms with Crippen LogP contribution in [0.1, 0.15) is 12.6 Å². The van der Waals surface area contributed by atoms with Crippen LogP contribution in [0.15, 0.2) is 36.8 Å². The lowest BCUT2D eigenvalue weighted by Crippen LogP contribution is -2.54. The molecule has 1 aliphatic rings. The highest BCUT2D eigenvalue weighted by Crippen LogP contribution is 2.30. The molecule has 10 heteroatoms. The molecule has 4 rings (SSSR count). The molecule has 1 fully saturated rings. The summed E-state index contributed by atoms with van der Waals surface area (Å²) in [6.07, 6.45) is 3.10. The first-order valence-corrected chi connectivity index (χ1v) is 11.7. The van der Waals surface area contributed by atoms with Gasteiger partial charge in [0.15, 0.2) is 0 Å². The second-order valence-electron chi connectivity index (χ2n) is 7.70. The second-order valence-corrected chi connectivity index (χ2v) is 9.24. The highest BCUT2D eigenvalue weighted by Gasteiger charge is 2.29. The Kier molecular flexibility index (Phi) is 6.85. The lowest BCUT2D eigenvalue weighted by Gasteiger charge is -2.41. The number of carbonyl (C=O) groups excluding carboxylic acids is 1. The Balaban J connectivity index is 1.45. The first kappa shape index (κ1) is 22.8. The van der Waals surface area contributed by atoms with Gasteiger partial charge >= 0.3 is 0 Å². The molecule has 1 aromatic carbocycles. The maximum absolute atomic E-state index is 13.1. The van der Waals surface area contributed by atoms with Crippen LogP contribution in [0.25, 0.3) is 11.4 Å². The van der Waals surface area contributed by atoms with Crippen LogP contribution in [0.5, 0.6) is 5.75 Å². The van der Waals surface area contributed by atoms with Crippen LogP contribution in [0, 0.1) is 10.5 Å². The summed E-state index contributed by atoms with van der Waals surface area (Å²) in [4.78, 5) is 25.5. The molecule has 0 unspecified atom stereocenters. The number of aromatic nitrogens is 4. The number of hydrogen-bond donors (Lipinski definition) is 0. The van der Waals surface area contributed by atoms with Gasteiger partial charge in [-0.05, 0) is 54.6 Å². The predicted molar refractivity (Wildman–Crippen MR) is 132 cm³/mol. The predicted octanol–water partition coefficient (Wildman–Crippen LogP) is 3.65. The van der Waals surface area contributed by atoms with E-state index in [9.17, 15) is 4.79 Å². The minimum atomic E-state index is 0.0221. The van der Waals surface area contributed by atoms with Crippen molar-refractivity contribution >= 4 is 45.8 Å². The Hall–Kier alpha value is -2.40. The zero-order valence-corrected chi connectivity index (χ0v) is 21.0. The van der Waals surface area contributed by atoms with E-state index in [0.717, 1.165) is 33.8 Å². The van der Waals surface area contributed by atoms with Crippen molar-refractivity contribution in [3.05, 3.63) is 51.1 Å². The van der Waals surface area contributed by atoms with Crippen LogP contribution in [0.4, 0.5) is 5.69 Å². The largest absolute Gasteiger partial charge is 0.496 e. The Labute approximate surface area is 205 Å². The number of methoxy groups -OCH3 is 1. The number of ether oxygens (including phenoxy) is 1. The summed E-state index contributed by atoms with van der Waals surface area (Å²) in [6.45, 7) is 6.22. The number of hydrogen-bond acceptors (Lipinski definition) is 6. The standard InChI is InChI=1S/C22H24ClIN6O2/c1-14-11-28(16-4-5-17(24)19(10-16)32-3)8-9-29(14)20(31)12-30-15(2)21(23)22(27-30)18-6-7-25-13-26-18/h4-7,10,13-14H,8-9,11-12H2,1-3H3/t14-/m0/s1. The number of rotatable bonds is 5. The molecule has 1 amide bonds. The van der Waals surface area contributed by atoms with Crippen molar-refractivity contribution in [2.24, 2.45) is 0 Å². The molecule has 0 saturated carbocycles. The number of carbonyl (C=O) groups is 1. The summed E-state index contributed by atoms with van der Waals surface area (Å²) >= 11 is 8.75. The molecule has 1 atom stereocenters. The van der Waals surface area contributed by atoms with Crippen LogP contribution in [-0.4, -0.2) is 63.3 Å². The van der Waals surface area contributed by atoms with Crippen molar-refractivity contribution in [2.45, 2.75) is 26.4 Å². The van der Waals surface area contributed by atoms with E-state index in [-0.39, 0.29) is 18.5 Å². The quantitative estimate of drug-likeness (QED) is 0.439. The lowest BCUT2D eigenvalue weighted by atomic mass is 10.1. The zero-order valence-electron chi connectivity index (χ0n) is 18.1. The van der Waals surface area contributed by atoms with Gasteiger partial charge < -0.3 is 14.5 Å². The van der Waals surface area contributed by atoms with E-state index in [4.69, 9.17) is 16.3 Å². The fourth-order valence-electron chi connectivity index (χ4n) is 3.90. The fraction of sp³-hybridized carbons (Fsp3) is 0.364. The van der Waals surface area contributed by atoms with Gasteiger partial charge in [-0.25, -0.2) is 9.97 Å². The highest BCUT2D eigenvalue weighted by molar-refractivity contribution is 14.1. The smallest absolute Gasteiger partial charge is 0.244 e. The molecule has 3 heterocycles. The van der Waals surface area contributed by atoms with E-state index >= 15 is 0 Å². The van der Waals surface area contributed by atoms with Gasteiger partial charge in [-0.1, -0.05) is 11.6 Å². The second kappa shape index (κ2) is 9.62. The number of anilines is 1. The van der Waals surface area contributed by atoms with Gasteiger partial charge in [0.2, 0.25) is 5.91 Å². The van der Waals surface area contributed by atoms with Gasteiger partial charge in [-0.15, -0.1) is 0 Å². The topological polar surface area (TPSA) is 76.4 Å². The van der Waals surface area contributed by atoms with Crippen LogP contribution in [-0.2, 0) is 11.3 Å². The van der Waals surface area contributed by atoms with Crippen molar-refractivity contribution in [1.29, 1.82) is 0 Å². The summed E-state index contributed by atoms with van der Waals surface area (Å²) in [6, 6.07) is 8.01. The van der Waals surface area contributed by atoms with Crippen LogP contribution < -0.4 is 9.64 Å². The molecule has 0 N–H and O–H groups in total. The Morgan fingerprint density at radius 2 is 2.12 bits per heavy atom. The molecule has 0 aliphatic carbocycles. The molecular formula is C22H24ClIN6O2. The molecular weight excluding hydrogens is 543 g/mol. The van der Waals surface area contributed by atoms with Gasteiger partial charge in [0, 0.05) is 43.6 Å². The van der Waals surface area contributed by atoms with Crippen LogP contribution in [0.2, 0.25) is 5.02 Å². The number of piperazine rings is 1. The third kappa shape index (κ3) is 4.54. The molecule has 1 aliphatic heterocycles. The van der Waals surface area contributed by atoms with E-state index in [2.05, 4.69) is 67.7 Å². The van der Waals surface area contributed by atoms with Gasteiger partial charge in [0.25, 0.3) is 0 Å². The fourth-order valence-corrected chi connectivity index (χ4v) is 4.69. The Morgan fingerprint density at radius 1 is 1.31 bits per heavy atom. The highest BCUT2D eigenvalue weighted by atomic mass is 127. The molecule has 168 valence electrons. The van der Waals surface area contributed by atoms with Crippen molar-refractivity contribution in [2.75, 3.05) is 31.6 Å². The molecule has 3 aromatic rings. The summed E-state index contributed by atoms with van der Waals surface area (Å²) in [7, 11) is 1.68. The molecule has 1 saturated heterocycles. The van der Waals surface area contributed by atoms with Crippen molar-refractivity contribution < 1.29 is 9.53 Å². The van der Waals surface area contributed by atoms with Crippen LogP contribution >= 0.6 is 34.2 Å². The van der Waals surface area contributed by atoms with Gasteiger partial charge in [0.05, 0.1) is 27.1 Å². The summed E-state index contributed by atoms with van der Waals surface area (Å²) in [5, 5.41) is 5.05. The number of benzene rings is 1. The Morgan fingerprint density at radius 3 is 2.81 bits per heavy atom. The van der Waals surface area contributed by atoms with Crippen LogP contribution in [0.3, 0.4) is 0 Å².